The summed E-state index contributed by atoms with van der Waals surface area (Å²) in [6.45, 7) is 27.9. The summed E-state index contributed by atoms with van der Waals surface area (Å²) < 4.78 is 96.5. The molecule has 4 heterocycles. The minimum Gasteiger partial charge on any atom is -0.481 e. The van der Waals surface area contributed by atoms with E-state index >= 15 is 0 Å². The minimum absolute atomic E-state index is 0.00271. The molecule has 0 spiro atoms. The van der Waals surface area contributed by atoms with Gasteiger partial charge in [0.25, 0.3) is 0 Å². The van der Waals surface area contributed by atoms with Crippen LogP contribution in [0.15, 0.2) is 60.9 Å². The number of pyridine rings is 2. The molecule has 10 atom stereocenters. The van der Waals surface area contributed by atoms with Crippen molar-refractivity contribution in [2.45, 2.75) is 336 Å². The van der Waals surface area contributed by atoms with Crippen LogP contribution in [-0.4, -0.2) is 160 Å². The van der Waals surface area contributed by atoms with Gasteiger partial charge in [0, 0.05) is 48.8 Å². The van der Waals surface area contributed by atoms with Gasteiger partial charge < -0.3 is 33.7 Å². The number of aromatic nitrogens is 2. The summed E-state index contributed by atoms with van der Waals surface area (Å²) in [5.74, 6) is -4.97. The Kier molecular flexibility index (Phi) is 29.5. The maximum Gasteiger partial charge on any atom is 0.411 e. The Labute approximate surface area is 697 Å². The lowest BCUT2D eigenvalue weighted by atomic mass is 9.77. The van der Waals surface area contributed by atoms with E-state index in [0.717, 1.165) is 103 Å². The van der Waals surface area contributed by atoms with Gasteiger partial charge in [-0.3, -0.25) is 43.3 Å². The van der Waals surface area contributed by atoms with Gasteiger partial charge in [-0.1, -0.05) is 127 Å². The Morgan fingerprint density at radius 3 is 1.27 bits per heavy atom. The molecule has 6 aliphatic carbocycles. The van der Waals surface area contributed by atoms with E-state index in [2.05, 4.69) is 19.4 Å². The third-order valence-electron chi connectivity index (χ3n) is 24.6. The van der Waals surface area contributed by atoms with Crippen LogP contribution in [0, 0.1) is 60.2 Å². The first-order valence-corrected chi connectivity index (χ1v) is 45.8. The van der Waals surface area contributed by atoms with E-state index in [0.29, 0.717) is 76.0 Å². The molecule has 652 valence electrons. The average molecular weight is 1680 g/mol. The number of ether oxygens (including phenoxy) is 5. The molecule has 3 N–H and O–H groups in total. The van der Waals surface area contributed by atoms with Crippen LogP contribution in [0.1, 0.15) is 281 Å². The van der Waals surface area contributed by atoms with Crippen LogP contribution in [-0.2, 0) is 81.5 Å². The fourth-order valence-electron chi connectivity index (χ4n) is 18.2. The summed E-state index contributed by atoms with van der Waals surface area (Å²) in [5.41, 5.74) is -3.86. The molecule has 2 aliphatic heterocycles. The van der Waals surface area contributed by atoms with Gasteiger partial charge in [0.05, 0.1) is 71.9 Å². The summed E-state index contributed by atoms with van der Waals surface area (Å²) in [4.78, 5) is 132. The highest BCUT2D eigenvalue weighted by Crippen LogP contribution is 2.60. The highest BCUT2D eigenvalue weighted by Gasteiger charge is 2.64. The van der Waals surface area contributed by atoms with Crippen LogP contribution >= 0.6 is 0 Å². The quantitative estimate of drug-likeness (QED) is 0.0302. The number of aliphatic carboxylic acids is 1. The zero-order chi connectivity index (χ0) is 86.3. The fourth-order valence-corrected chi connectivity index (χ4v) is 20.6. The van der Waals surface area contributed by atoms with Gasteiger partial charge in [0.15, 0.2) is 11.6 Å². The molecule has 2 aromatic heterocycles. The largest absolute Gasteiger partial charge is 0.481 e. The van der Waals surface area contributed by atoms with E-state index in [1.54, 1.807) is 79.6 Å². The topological polar surface area (TPSA) is 363 Å². The number of rotatable bonds is 32. The molecule has 2 aromatic carbocycles. The number of carbonyl (C=O) groups is 9. The Morgan fingerprint density at radius 2 is 0.907 bits per heavy atom. The monoisotopic (exact) mass is 1680 g/mol. The number of nitrogens with one attached hydrogen (secondary N) is 2. The van der Waals surface area contributed by atoms with Crippen molar-refractivity contribution in [1.29, 1.82) is 0 Å². The number of carbonyl (C=O) groups excluding carboxylic acids is 8. The standard InChI is InChI=1S/C42H59N3O9S.C33H45N3O8S.C14H24O4/c1-7-17-41(18-19-41)54-55(50,51)44-39(49)42(24-30(42)8-2)25-35(46)34-22-31(52-37-32-15-14-27(3)21-29(32)16-20-43-37)26-45(34)38(48)33(28-12-10-9-11-13-28)23-36(47)53-40(4,5)6;1-7-12-32(13-14-32)44-45(40,41)35-29(38)33(18-23(33)8-2)19-27(37)26-17-24(20-36(26)30(39)43-31(4,5)6)42-28-25-10-9-21(3)16-22(25)11-15-34-28;1-14(2,3)18-12(15)9-11(13(16)17)10-7-5-4-6-8-10/h14-16,20-21,28,30-31,33-34H,7-13,17-19,22-26H2,1-6H3,(H,44,49);9-11,15-16,23-24,26H,7-8,12-14,17-20H2,1-6H3,(H,35,38);10-11H,4-9H2,1-3H3,(H,16,17)/t30-,31-,33+,34+,42-;23-,24-,26+,33-;11-/m110/s1. The van der Waals surface area contributed by atoms with E-state index in [1.165, 1.54) is 11.3 Å². The number of likely N-dealkylation sites (tertiary alicyclic amines) is 2. The van der Waals surface area contributed by atoms with Crippen LogP contribution in [0.5, 0.6) is 11.8 Å². The number of aryl methyl sites for hydroxylation is 2. The van der Waals surface area contributed by atoms with Crippen molar-refractivity contribution in [2.75, 3.05) is 13.1 Å². The van der Waals surface area contributed by atoms with Crippen molar-refractivity contribution in [3.8, 4) is 11.8 Å². The first kappa shape index (κ1) is 92.4. The molecule has 6 saturated carbocycles. The lowest BCUT2D eigenvalue weighted by Crippen LogP contribution is -2.48. The predicted octanol–water partition coefficient (Wildman–Crippen LogP) is 15.3. The predicted molar refractivity (Wildman–Crippen MR) is 443 cm³/mol. The van der Waals surface area contributed by atoms with Crippen LogP contribution in [0.3, 0.4) is 0 Å². The van der Waals surface area contributed by atoms with E-state index < -0.39 is 131 Å². The number of nitrogens with zero attached hydrogens (tertiary/aromatic N) is 4. The lowest BCUT2D eigenvalue weighted by molar-refractivity contribution is -0.161. The van der Waals surface area contributed by atoms with Gasteiger partial charge in [0.1, 0.15) is 29.0 Å². The summed E-state index contributed by atoms with van der Waals surface area (Å²) in [6.07, 6.45) is 18.0. The molecular formula is C89H128N6O21S2. The molecule has 0 radical (unpaired) electrons. The van der Waals surface area contributed by atoms with Gasteiger partial charge in [-0.05, 0) is 212 Å². The van der Waals surface area contributed by atoms with Crippen LogP contribution in [0.2, 0.25) is 0 Å². The molecule has 4 amide bonds. The lowest BCUT2D eigenvalue weighted by Gasteiger charge is -2.34. The van der Waals surface area contributed by atoms with Crippen molar-refractivity contribution in [3.05, 3.63) is 72.1 Å². The van der Waals surface area contributed by atoms with E-state index in [9.17, 15) is 65.1 Å². The van der Waals surface area contributed by atoms with Gasteiger partial charge in [-0.2, -0.15) is 16.8 Å². The molecule has 0 bridgehead atoms. The smallest absolute Gasteiger partial charge is 0.411 e. The van der Waals surface area contributed by atoms with Gasteiger partial charge >= 0.3 is 44.6 Å². The maximum atomic E-state index is 14.8. The van der Waals surface area contributed by atoms with E-state index in [-0.39, 0.29) is 92.8 Å². The van der Waals surface area contributed by atoms with E-state index in [4.69, 9.17) is 32.1 Å². The van der Waals surface area contributed by atoms with Crippen molar-refractivity contribution in [3.63, 3.8) is 0 Å². The summed E-state index contributed by atoms with van der Waals surface area (Å²) >= 11 is 0. The zero-order valence-corrected chi connectivity index (χ0v) is 73.6. The van der Waals surface area contributed by atoms with Crippen molar-refractivity contribution >= 4 is 95.4 Å². The van der Waals surface area contributed by atoms with Crippen molar-refractivity contribution in [2.24, 2.45) is 46.3 Å². The maximum absolute atomic E-state index is 14.8. The molecular weight excluding hydrogens is 1550 g/mol. The molecule has 118 heavy (non-hydrogen) atoms. The molecule has 8 aliphatic rings. The first-order valence-electron chi connectivity index (χ1n) is 43.0. The van der Waals surface area contributed by atoms with Crippen molar-refractivity contribution < 1.29 is 97.1 Å². The van der Waals surface area contributed by atoms with Gasteiger partial charge in [0.2, 0.25) is 29.5 Å². The number of amides is 4. The number of hydrogen-bond acceptors (Lipinski definition) is 22. The molecule has 29 heteroatoms. The van der Waals surface area contributed by atoms with Crippen molar-refractivity contribution in [1.82, 2.24) is 29.2 Å². The minimum atomic E-state index is -4.41. The zero-order valence-electron chi connectivity index (χ0n) is 72.0. The Balaban J connectivity index is 0.000000208. The second kappa shape index (κ2) is 37.6. The highest BCUT2D eigenvalue weighted by atomic mass is 32.2. The summed E-state index contributed by atoms with van der Waals surface area (Å²) in [7, 11) is -8.77. The molecule has 0 unspecified atom stereocenters. The third kappa shape index (κ3) is 24.5. The Hall–Kier alpha value is -7.89. The van der Waals surface area contributed by atoms with Crippen LogP contribution < -0.4 is 18.9 Å². The first-order chi connectivity index (χ1) is 55.4. The number of ketones is 2. The molecule has 12 rings (SSSR count). The number of carboxylic acids is 1. The summed E-state index contributed by atoms with van der Waals surface area (Å²) in [5, 5.41) is 12.8. The Bertz CT molecular complexity index is 4550. The van der Waals surface area contributed by atoms with Crippen LogP contribution in [0.25, 0.3) is 21.5 Å². The molecule has 8 fully saturated rings. The number of hydrogen-bond donors (Lipinski definition) is 3. The fraction of sp³-hybridized carbons (Fsp3) is 0.697. The normalized spacial score (nSPS) is 24.6. The molecule has 27 nitrogen and oxygen atoms in total. The SMILES string of the molecule is CC(C)(C)OC(=O)C[C@H](C(=O)O)C1CCCCC1.CCCC1(OS(=O)(=O)NC(=O)[C@@]2(CC(=O)[C@@H]3C[C@@H](Oc4nccc5cc(C)ccc45)CN3C(=O)OC(C)(C)C)C[C@H]2CC)CC1.CCCC1(OS(=O)(=O)NC(=O)[C@@]2(CC(=O)[C@@H]3C[C@@H](Oc4nccc5cc(C)ccc45)CN3C(=O)[C@@H](CC(=O)OC(C)(C)C)C3CCCCC3)C[C@H]2CC)CC1. The third-order valence-corrected chi connectivity index (χ3v) is 26.6. The number of Topliss-reactive ketones (excluding diaryl/α,β-unsaturated/α-hetero) is 2. The van der Waals surface area contributed by atoms with E-state index in [1.807, 2.05) is 90.1 Å². The van der Waals surface area contributed by atoms with Crippen LogP contribution in [0.4, 0.5) is 4.79 Å². The second-order valence-electron chi connectivity index (χ2n) is 37.7. The number of carboxylic acid groups (broad SMARTS) is 1. The Morgan fingerprint density at radius 1 is 0.525 bits per heavy atom. The number of benzene rings is 2. The summed E-state index contributed by atoms with van der Waals surface area (Å²) in [6, 6.07) is 13.8. The van der Waals surface area contributed by atoms with Gasteiger partial charge in [-0.15, -0.1) is 0 Å². The highest BCUT2D eigenvalue weighted by molar-refractivity contribution is 7.85. The average Bonchev–Trinajstić information content (AvgIpc) is 1.58. The molecule has 2 saturated heterocycles. The van der Waals surface area contributed by atoms with Gasteiger partial charge in [-0.25, -0.2) is 32.6 Å². The molecule has 4 aromatic rings. The second-order valence-corrected chi connectivity index (χ2v) is 40.3. The number of esters is 2. The number of fused-ring (bicyclic) bond motifs is 2.